The number of nitrogens with one attached hydrogen (secondary N) is 2. The number of aryl methyl sites for hydroxylation is 1. The molecular formula is C17H19ClN2O3S. The lowest BCUT2D eigenvalue weighted by Gasteiger charge is -2.13. The first-order valence-corrected chi connectivity index (χ1v) is 9.25. The molecule has 7 heteroatoms. The Hall–Kier alpha value is -2.05. The summed E-state index contributed by atoms with van der Waals surface area (Å²) in [7, 11) is -3.76. The monoisotopic (exact) mass is 366 g/mol. The molecule has 128 valence electrons. The summed E-state index contributed by atoms with van der Waals surface area (Å²) in [4.78, 5) is 11.9. The van der Waals surface area contributed by atoms with Crippen LogP contribution >= 0.6 is 11.6 Å². The maximum Gasteiger partial charge on any atom is 0.261 e. The van der Waals surface area contributed by atoms with Gasteiger partial charge in [0.2, 0.25) is 5.91 Å². The molecule has 0 atom stereocenters. The number of anilines is 2. The fraction of sp³-hybridized carbons (Fsp3) is 0.235. The third-order valence-electron chi connectivity index (χ3n) is 3.33. The van der Waals surface area contributed by atoms with E-state index in [2.05, 4.69) is 10.0 Å². The summed E-state index contributed by atoms with van der Waals surface area (Å²) < 4.78 is 27.4. The van der Waals surface area contributed by atoms with Gasteiger partial charge in [0.1, 0.15) is 0 Å². The van der Waals surface area contributed by atoms with Crippen LogP contribution in [0, 0.1) is 12.8 Å². The predicted molar refractivity (Wildman–Crippen MR) is 96.9 cm³/mol. The molecule has 0 aliphatic heterocycles. The van der Waals surface area contributed by atoms with Gasteiger partial charge >= 0.3 is 0 Å². The van der Waals surface area contributed by atoms with Gasteiger partial charge in [-0.15, -0.1) is 0 Å². The highest BCUT2D eigenvalue weighted by molar-refractivity contribution is 7.92. The van der Waals surface area contributed by atoms with Crippen molar-refractivity contribution in [3.63, 3.8) is 0 Å². The molecular weight excluding hydrogens is 348 g/mol. The Balaban J connectivity index is 2.28. The number of hydrogen-bond acceptors (Lipinski definition) is 3. The molecule has 0 aliphatic carbocycles. The summed E-state index contributed by atoms with van der Waals surface area (Å²) in [5, 5.41) is 2.95. The van der Waals surface area contributed by atoms with Crippen molar-refractivity contribution < 1.29 is 13.2 Å². The van der Waals surface area contributed by atoms with Gasteiger partial charge in [0.05, 0.1) is 15.6 Å². The van der Waals surface area contributed by atoms with Gasteiger partial charge in [-0.2, -0.15) is 0 Å². The standard InChI is InChI=1S/C17H19ClN2O3S/c1-11(2)17(21)19-13-6-9-15(18)16(10-13)20-24(22,23)14-7-4-12(3)5-8-14/h4-11,20H,1-3H3,(H,19,21). The Morgan fingerprint density at radius 2 is 1.71 bits per heavy atom. The summed E-state index contributed by atoms with van der Waals surface area (Å²) in [5.74, 6) is -0.349. The number of sulfonamides is 1. The maximum absolute atomic E-state index is 12.4. The van der Waals surface area contributed by atoms with E-state index in [1.165, 1.54) is 24.3 Å². The molecule has 0 aliphatic rings. The zero-order valence-electron chi connectivity index (χ0n) is 13.6. The van der Waals surface area contributed by atoms with E-state index in [4.69, 9.17) is 11.6 Å². The lowest BCUT2D eigenvalue weighted by molar-refractivity contribution is -0.118. The van der Waals surface area contributed by atoms with Gasteiger partial charge < -0.3 is 5.32 Å². The normalized spacial score (nSPS) is 11.4. The number of carbonyl (C=O) groups excluding carboxylic acids is 1. The molecule has 0 saturated carbocycles. The molecule has 0 unspecified atom stereocenters. The van der Waals surface area contributed by atoms with Gasteiger partial charge in [0.15, 0.2) is 0 Å². The summed E-state index contributed by atoms with van der Waals surface area (Å²) in [6, 6.07) is 11.1. The molecule has 2 rings (SSSR count). The molecule has 2 N–H and O–H groups in total. The Morgan fingerprint density at radius 1 is 1.08 bits per heavy atom. The van der Waals surface area contributed by atoms with Gasteiger partial charge in [0, 0.05) is 11.6 Å². The Bertz CT molecular complexity index is 847. The number of rotatable bonds is 5. The molecule has 24 heavy (non-hydrogen) atoms. The van der Waals surface area contributed by atoms with Crippen molar-refractivity contribution in [1.82, 2.24) is 0 Å². The second-order valence-corrected chi connectivity index (χ2v) is 7.85. The minimum atomic E-state index is -3.76. The van der Waals surface area contributed by atoms with Crippen LogP contribution in [0.25, 0.3) is 0 Å². The Kier molecular flexibility index (Phi) is 5.51. The number of halogens is 1. The van der Waals surface area contributed by atoms with E-state index in [1.807, 2.05) is 6.92 Å². The Morgan fingerprint density at radius 3 is 2.29 bits per heavy atom. The summed E-state index contributed by atoms with van der Waals surface area (Å²) in [5.41, 5.74) is 1.64. The molecule has 0 fully saturated rings. The highest BCUT2D eigenvalue weighted by Gasteiger charge is 2.16. The highest BCUT2D eigenvalue weighted by atomic mass is 35.5. The summed E-state index contributed by atoms with van der Waals surface area (Å²) in [6.45, 7) is 5.42. The third kappa shape index (κ3) is 4.49. The first kappa shape index (κ1) is 18.3. The van der Waals surface area contributed by atoms with Crippen molar-refractivity contribution >= 4 is 38.9 Å². The van der Waals surface area contributed by atoms with Gasteiger partial charge in [-0.3, -0.25) is 9.52 Å². The van der Waals surface area contributed by atoms with Crippen molar-refractivity contribution in [3.05, 3.63) is 53.1 Å². The summed E-state index contributed by atoms with van der Waals surface area (Å²) in [6.07, 6.45) is 0. The third-order valence-corrected chi connectivity index (χ3v) is 5.04. The van der Waals surface area contributed by atoms with Crippen molar-refractivity contribution in [2.24, 2.45) is 5.92 Å². The fourth-order valence-corrected chi connectivity index (χ4v) is 3.18. The molecule has 0 spiro atoms. The van der Waals surface area contributed by atoms with Crippen LogP contribution in [0.3, 0.4) is 0 Å². The van der Waals surface area contributed by atoms with E-state index in [0.717, 1.165) is 5.56 Å². The van der Waals surface area contributed by atoms with Crippen LogP contribution in [0.1, 0.15) is 19.4 Å². The van der Waals surface area contributed by atoms with E-state index in [1.54, 1.807) is 32.0 Å². The van der Waals surface area contributed by atoms with Gasteiger partial charge in [-0.25, -0.2) is 8.42 Å². The Labute approximate surface area is 147 Å². The van der Waals surface area contributed by atoms with Crippen LogP contribution in [0.15, 0.2) is 47.4 Å². The lowest BCUT2D eigenvalue weighted by atomic mass is 10.2. The topological polar surface area (TPSA) is 75.3 Å². The van der Waals surface area contributed by atoms with Crippen LogP contribution in [-0.2, 0) is 14.8 Å². The molecule has 5 nitrogen and oxygen atoms in total. The van der Waals surface area contributed by atoms with Gasteiger partial charge in [-0.05, 0) is 37.3 Å². The molecule has 0 saturated heterocycles. The van der Waals surface area contributed by atoms with Gasteiger partial charge in [0.25, 0.3) is 10.0 Å². The summed E-state index contributed by atoms with van der Waals surface area (Å²) >= 11 is 6.07. The zero-order chi connectivity index (χ0) is 17.9. The van der Waals surface area contributed by atoms with Crippen LogP contribution in [0.2, 0.25) is 5.02 Å². The molecule has 2 aromatic rings. The quantitative estimate of drug-likeness (QED) is 0.838. The van der Waals surface area contributed by atoms with Crippen LogP contribution in [0.4, 0.5) is 11.4 Å². The van der Waals surface area contributed by atoms with Crippen LogP contribution < -0.4 is 10.0 Å². The van der Waals surface area contributed by atoms with Crippen molar-refractivity contribution in [3.8, 4) is 0 Å². The first-order chi connectivity index (χ1) is 11.2. The van der Waals surface area contributed by atoms with E-state index in [-0.39, 0.29) is 27.4 Å². The SMILES string of the molecule is Cc1ccc(S(=O)(=O)Nc2cc(NC(=O)C(C)C)ccc2Cl)cc1. The molecule has 0 bridgehead atoms. The maximum atomic E-state index is 12.4. The second-order valence-electron chi connectivity index (χ2n) is 5.76. The highest BCUT2D eigenvalue weighted by Crippen LogP contribution is 2.28. The minimum absolute atomic E-state index is 0.140. The van der Waals surface area contributed by atoms with E-state index >= 15 is 0 Å². The van der Waals surface area contributed by atoms with E-state index < -0.39 is 10.0 Å². The number of benzene rings is 2. The smallest absolute Gasteiger partial charge is 0.261 e. The van der Waals surface area contributed by atoms with Crippen molar-refractivity contribution in [1.29, 1.82) is 0 Å². The number of amides is 1. The molecule has 0 heterocycles. The van der Waals surface area contributed by atoms with E-state index in [0.29, 0.717) is 5.69 Å². The largest absolute Gasteiger partial charge is 0.326 e. The lowest BCUT2D eigenvalue weighted by Crippen LogP contribution is -2.18. The molecule has 0 aromatic heterocycles. The van der Waals surface area contributed by atoms with Crippen molar-refractivity contribution in [2.45, 2.75) is 25.7 Å². The van der Waals surface area contributed by atoms with Crippen LogP contribution in [0.5, 0.6) is 0 Å². The average Bonchev–Trinajstić information content (AvgIpc) is 2.50. The van der Waals surface area contributed by atoms with Crippen molar-refractivity contribution in [2.75, 3.05) is 10.0 Å². The zero-order valence-corrected chi connectivity index (χ0v) is 15.2. The molecule has 1 amide bonds. The number of hydrogen-bond donors (Lipinski definition) is 2. The van der Waals surface area contributed by atoms with Gasteiger partial charge in [-0.1, -0.05) is 43.1 Å². The molecule has 0 radical (unpaired) electrons. The second kappa shape index (κ2) is 7.23. The minimum Gasteiger partial charge on any atom is -0.326 e. The number of carbonyl (C=O) groups is 1. The first-order valence-electron chi connectivity index (χ1n) is 7.39. The fourth-order valence-electron chi connectivity index (χ4n) is 1.89. The van der Waals surface area contributed by atoms with Crippen LogP contribution in [-0.4, -0.2) is 14.3 Å². The average molecular weight is 367 g/mol. The van der Waals surface area contributed by atoms with E-state index in [9.17, 15) is 13.2 Å². The molecule has 2 aromatic carbocycles. The predicted octanol–water partition coefficient (Wildman–Crippen LogP) is 4.04.